The van der Waals surface area contributed by atoms with Crippen molar-refractivity contribution in [2.75, 3.05) is 13.7 Å². The van der Waals surface area contributed by atoms with Crippen molar-refractivity contribution < 1.29 is 23.8 Å². The van der Waals surface area contributed by atoms with Crippen molar-refractivity contribution in [2.24, 2.45) is 0 Å². The molecular formula is C26H31NO5. The molecule has 1 saturated carbocycles. The Morgan fingerprint density at radius 3 is 2.53 bits per heavy atom. The molecule has 0 bridgehead atoms. The Morgan fingerprint density at radius 1 is 1.09 bits per heavy atom. The van der Waals surface area contributed by atoms with Crippen LogP contribution in [0.1, 0.15) is 49.3 Å². The van der Waals surface area contributed by atoms with Crippen LogP contribution in [0.4, 0.5) is 0 Å². The molecule has 6 heteroatoms. The number of methoxy groups -OCH3 is 1. The molecule has 0 aliphatic heterocycles. The molecule has 2 aromatic rings. The Hall–Kier alpha value is -3.28. The average Bonchev–Trinajstić information content (AvgIpc) is 3.27. The minimum absolute atomic E-state index is 0.296. The number of carbonyl (C=O) groups is 2. The number of amides is 1. The summed E-state index contributed by atoms with van der Waals surface area (Å²) in [5.41, 5.74) is 2.15. The lowest BCUT2D eigenvalue weighted by Crippen LogP contribution is -2.52. The van der Waals surface area contributed by atoms with Gasteiger partial charge in [-0.2, -0.15) is 0 Å². The normalized spacial score (nSPS) is 14.8. The first-order chi connectivity index (χ1) is 15.5. The van der Waals surface area contributed by atoms with Crippen LogP contribution in [-0.2, 0) is 20.9 Å². The highest BCUT2D eigenvalue weighted by molar-refractivity contribution is 5.96. The summed E-state index contributed by atoms with van der Waals surface area (Å²) in [7, 11) is 1.58. The van der Waals surface area contributed by atoms with Crippen LogP contribution in [0.15, 0.2) is 48.5 Å². The Kier molecular flexibility index (Phi) is 7.92. The van der Waals surface area contributed by atoms with Gasteiger partial charge in [-0.05, 0) is 61.6 Å². The Balaban J connectivity index is 1.65. The van der Waals surface area contributed by atoms with Gasteiger partial charge in [-0.3, -0.25) is 4.79 Å². The van der Waals surface area contributed by atoms with E-state index in [9.17, 15) is 9.59 Å². The number of nitrogens with one attached hydrogen (secondary N) is 1. The summed E-state index contributed by atoms with van der Waals surface area (Å²) in [6.45, 7) is 4.55. The zero-order valence-electron chi connectivity index (χ0n) is 19.0. The number of esters is 1. The molecule has 0 radical (unpaired) electrons. The number of hydrogen-bond donors (Lipinski definition) is 1. The molecule has 3 rings (SSSR count). The molecule has 1 fully saturated rings. The van der Waals surface area contributed by atoms with Gasteiger partial charge in [-0.1, -0.05) is 43.2 Å². The monoisotopic (exact) mass is 437 g/mol. The zero-order chi connectivity index (χ0) is 23.0. The van der Waals surface area contributed by atoms with E-state index in [2.05, 4.69) is 5.32 Å². The van der Waals surface area contributed by atoms with Gasteiger partial charge in [0.25, 0.3) is 0 Å². The van der Waals surface area contributed by atoms with Crippen LogP contribution in [0.25, 0.3) is 6.08 Å². The first-order valence-electron chi connectivity index (χ1n) is 11.0. The van der Waals surface area contributed by atoms with E-state index in [-0.39, 0.29) is 11.9 Å². The maximum Gasteiger partial charge on any atom is 0.331 e. The van der Waals surface area contributed by atoms with Crippen LogP contribution in [0.2, 0.25) is 0 Å². The molecule has 170 valence electrons. The fourth-order valence-corrected chi connectivity index (χ4v) is 3.91. The smallest absolute Gasteiger partial charge is 0.331 e. The standard InChI is InChI=1S/C26H31NO5/c1-4-31-25(29)26(15-7-8-16-26)27-24(28)14-12-20-11-13-22(23(17-20)30-3)32-18-21-10-6-5-9-19(21)2/h5-6,9-14,17H,4,7-8,15-16,18H2,1-3H3,(H,27,28). The van der Waals surface area contributed by atoms with Crippen LogP contribution in [0.5, 0.6) is 11.5 Å². The fraction of sp³-hybridized carbons (Fsp3) is 0.385. The summed E-state index contributed by atoms with van der Waals surface area (Å²) in [4.78, 5) is 24.9. The SMILES string of the molecule is CCOC(=O)C1(NC(=O)C=Cc2ccc(OCc3ccccc3C)c(OC)c2)CCCC1. The average molecular weight is 438 g/mol. The molecule has 0 heterocycles. The Morgan fingerprint density at radius 2 is 1.84 bits per heavy atom. The second kappa shape index (κ2) is 10.8. The van der Waals surface area contributed by atoms with Crippen molar-refractivity contribution in [3.05, 3.63) is 65.2 Å². The Labute approximate surface area is 189 Å². The number of carbonyl (C=O) groups excluding carboxylic acids is 2. The molecule has 1 aliphatic carbocycles. The van der Waals surface area contributed by atoms with Gasteiger partial charge < -0.3 is 19.5 Å². The van der Waals surface area contributed by atoms with E-state index in [0.717, 1.165) is 24.0 Å². The molecule has 0 atom stereocenters. The first-order valence-corrected chi connectivity index (χ1v) is 11.0. The van der Waals surface area contributed by atoms with Crippen molar-refractivity contribution in [3.63, 3.8) is 0 Å². The largest absolute Gasteiger partial charge is 0.493 e. The van der Waals surface area contributed by atoms with Crippen LogP contribution in [-0.4, -0.2) is 31.1 Å². The second-order valence-electron chi connectivity index (χ2n) is 7.96. The van der Waals surface area contributed by atoms with Gasteiger partial charge in [0.05, 0.1) is 13.7 Å². The molecule has 1 N–H and O–H groups in total. The van der Waals surface area contributed by atoms with Crippen LogP contribution >= 0.6 is 0 Å². The quantitative estimate of drug-likeness (QED) is 0.459. The fourth-order valence-electron chi connectivity index (χ4n) is 3.91. The van der Waals surface area contributed by atoms with Crippen molar-refractivity contribution in [2.45, 2.75) is 51.7 Å². The third-order valence-electron chi connectivity index (χ3n) is 5.75. The van der Waals surface area contributed by atoms with Gasteiger partial charge in [0.1, 0.15) is 12.1 Å². The highest BCUT2D eigenvalue weighted by atomic mass is 16.5. The lowest BCUT2D eigenvalue weighted by molar-refractivity contribution is -0.152. The lowest BCUT2D eigenvalue weighted by atomic mass is 9.97. The van der Waals surface area contributed by atoms with Crippen molar-refractivity contribution in [3.8, 4) is 11.5 Å². The van der Waals surface area contributed by atoms with E-state index in [1.165, 1.54) is 11.6 Å². The van der Waals surface area contributed by atoms with Crippen molar-refractivity contribution >= 4 is 18.0 Å². The third-order valence-corrected chi connectivity index (χ3v) is 5.75. The van der Waals surface area contributed by atoms with E-state index < -0.39 is 5.54 Å². The van der Waals surface area contributed by atoms with Crippen molar-refractivity contribution in [1.82, 2.24) is 5.32 Å². The summed E-state index contributed by atoms with van der Waals surface area (Å²) < 4.78 is 16.6. The highest BCUT2D eigenvalue weighted by Gasteiger charge is 2.43. The number of ether oxygens (including phenoxy) is 3. The van der Waals surface area contributed by atoms with Crippen LogP contribution in [0, 0.1) is 6.92 Å². The Bertz CT molecular complexity index is 976. The predicted octanol–water partition coefficient (Wildman–Crippen LogP) is 4.59. The van der Waals surface area contributed by atoms with E-state index in [0.29, 0.717) is 37.6 Å². The molecule has 2 aromatic carbocycles. The molecular weight excluding hydrogens is 406 g/mol. The number of benzene rings is 2. The van der Waals surface area contributed by atoms with E-state index in [1.54, 1.807) is 20.1 Å². The summed E-state index contributed by atoms with van der Waals surface area (Å²) >= 11 is 0. The van der Waals surface area contributed by atoms with Gasteiger partial charge in [0.2, 0.25) is 5.91 Å². The van der Waals surface area contributed by atoms with Gasteiger partial charge in [-0.15, -0.1) is 0 Å². The maximum absolute atomic E-state index is 12.5. The summed E-state index contributed by atoms with van der Waals surface area (Å²) in [5, 5.41) is 2.87. The molecule has 6 nitrogen and oxygen atoms in total. The topological polar surface area (TPSA) is 73.9 Å². The number of hydrogen-bond acceptors (Lipinski definition) is 5. The molecule has 1 amide bonds. The molecule has 0 saturated heterocycles. The van der Waals surface area contributed by atoms with Gasteiger partial charge in [-0.25, -0.2) is 4.79 Å². The molecule has 0 aromatic heterocycles. The van der Waals surface area contributed by atoms with E-state index in [4.69, 9.17) is 14.2 Å². The number of aryl methyl sites for hydroxylation is 1. The first kappa shape index (κ1) is 23.4. The third kappa shape index (κ3) is 5.69. The molecule has 0 unspecified atom stereocenters. The van der Waals surface area contributed by atoms with Crippen molar-refractivity contribution in [1.29, 1.82) is 0 Å². The molecule has 32 heavy (non-hydrogen) atoms. The maximum atomic E-state index is 12.5. The van der Waals surface area contributed by atoms with E-state index in [1.807, 2.05) is 49.4 Å². The summed E-state index contributed by atoms with van der Waals surface area (Å²) in [6, 6.07) is 13.6. The molecule has 1 aliphatic rings. The minimum Gasteiger partial charge on any atom is -0.493 e. The minimum atomic E-state index is -0.914. The predicted molar refractivity (Wildman–Crippen MR) is 124 cm³/mol. The molecule has 0 spiro atoms. The summed E-state index contributed by atoms with van der Waals surface area (Å²) in [5.74, 6) is 0.541. The summed E-state index contributed by atoms with van der Waals surface area (Å²) in [6.07, 6.45) is 6.12. The van der Waals surface area contributed by atoms with Crippen LogP contribution in [0.3, 0.4) is 0 Å². The van der Waals surface area contributed by atoms with Gasteiger partial charge in [0, 0.05) is 6.08 Å². The zero-order valence-corrected chi connectivity index (χ0v) is 19.0. The van der Waals surface area contributed by atoms with E-state index >= 15 is 0 Å². The van der Waals surface area contributed by atoms with Gasteiger partial charge >= 0.3 is 5.97 Å². The highest BCUT2D eigenvalue weighted by Crippen LogP contribution is 2.32. The second-order valence-corrected chi connectivity index (χ2v) is 7.96. The van der Waals surface area contributed by atoms with Gasteiger partial charge in [0.15, 0.2) is 11.5 Å². The number of rotatable bonds is 9. The lowest BCUT2D eigenvalue weighted by Gasteiger charge is -2.27. The van der Waals surface area contributed by atoms with Crippen LogP contribution < -0.4 is 14.8 Å².